The number of amides is 1. The first-order chi connectivity index (χ1) is 9.66. The molecule has 2 atom stereocenters. The van der Waals surface area contributed by atoms with Crippen LogP contribution in [-0.2, 0) is 11.2 Å². The minimum atomic E-state index is -1.53. The van der Waals surface area contributed by atoms with Gasteiger partial charge in [-0.3, -0.25) is 0 Å². The lowest BCUT2D eigenvalue weighted by Crippen LogP contribution is -2.40. The number of ether oxygens (including phenoxy) is 1. The monoisotopic (exact) mass is 304 g/mol. The summed E-state index contributed by atoms with van der Waals surface area (Å²) in [5.41, 5.74) is 5.49. The summed E-state index contributed by atoms with van der Waals surface area (Å²) in [4.78, 5) is 11.0. The molecule has 0 saturated heterocycles. The molecule has 0 radical (unpaired) electrons. The van der Waals surface area contributed by atoms with E-state index in [9.17, 15) is 10.1 Å². The van der Waals surface area contributed by atoms with E-state index in [1.807, 2.05) is 18.2 Å². The fourth-order valence-corrected chi connectivity index (χ4v) is 4.24. The Kier molecular flexibility index (Phi) is 5.56. The van der Waals surface area contributed by atoms with Crippen molar-refractivity contribution in [1.29, 1.82) is 5.26 Å². The van der Waals surface area contributed by atoms with Crippen molar-refractivity contribution in [3.63, 3.8) is 0 Å². The van der Waals surface area contributed by atoms with Crippen LogP contribution in [-0.4, -0.2) is 19.8 Å². The van der Waals surface area contributed by atoms with E-state index < -0.39 is 19.8 Å². The van der Waals surface area contributed by atoms with Gasteiger partial charge in [-0.25, -0.2) is 4.79 Å². The van der Waals surface area contributed by atoms with Gasteiger partial charge in [0.2, 0.25) is 0 Å². The third-order valence-electron chi connectivity index (χ3n) is 3.75. The molecule has 0 heterocycles. The second-order valence-corrected chi connectivity index (χ2v) is 12.3. The first-order valence-electron chi connectivity index (χ1n) is 7.10. The lowest BCUT2D eigenvalue weighted by Gasteiger charge is -2.34. The highest BCUT2D eigenvalue weighted by atomic mass is 28.3. The zero-order valence-corrected chi connectivity index (χ0v) is 14.2. The fourth-order valence-electron chi connectivity index (χ4n) is 2.39. The molecule has 0 spiro atoms. The van der Waals surface area contributed by atoms with Crippen LogP contribution in [0.25, 0.3) is 0 Å². The van der Waals surface area contributed by atoms with E-state index in [4.69, 9.17) is 10.5 Å². The number of carbonyl (C=O) groups is 1. The third-order valence-corrected chi connectivity index (χ3v) is 6.61. The van der Waals surface area contributed by atoms with Crippen LogP contribution < -0.4 is 5.73 Å². The van der Waals surface area contributed by atoms with Crippen molar-refractivity contribution in [3.05, 3.63) is 35.9 Å². The van der Waals surface area contributed by atoms with E-state index >= 15 is 0 Å². The zero-order chi connectivity index (χ0) is 16.1. The highest BCUT2D eigenvalue weighted by Gasteiger charge is 2.37. The summed E-state index contributed by atoms with van der Waals surface area (Å²) in [5.74, 6) is 0. The molecular formula is C16H24N2O2Si. The number of rotatable bonds is 6. The molecular weight excluding hydrogens is 280 g/mol. The molecule has 21 heavy (non-hydrogen) atoms. The molecule has 2 N–H and O–H groups in total. The highest BCUT2D eigenvalue weighted by molar-refractivity contribution is 6.77. The third kappa shape index (κ3) is 5.60. The van der Waals surface area contributed by atoms with Gasteiger partial charge in [0.1, 0.15) is 6.07 Å². The molecule has 0 saturated carbocycles. The standard InChI is InChI=1S/C16H24N2O2Si/c1-16(12-17,20-15(18)19)11-14(21(2,3)4)10-13-8-6-5-7-9-13/h5-9,14H,10-11H2,1-4H3,(H2,18,19). The predicted octanol–water partition coefficient (Wildman–Crippen LogP) is 3.71. The van der Waals surface area contributed by atoms with Crippen LogP contribution in [0.4, 0.5) is 4.79 Å². The number of hydrogen-bond donors (Lipinski definition) is 1. The van der Waals surface area contributed by atoms with Crippen LogP contribution in [0.5, 0.6) is 0 Å². The van der Waals surface area contributed by atoms with E-state index in [0.717, 1.165) is 6.42 Å². The summed E-state index contributed by atoms with van der Waals surface area (Å²) in [5, 5.41) is 9.35. The lowest BCUT2D eigenvalue weighted by atomic mass is 9.97. The zero-order valence-electron chi connectivity index (χ0n) is 13.2. The minimum Gasteiger partial charge on any atom is -0.428 e. The molecule has 4 nitrogen and oxygen atoms in total. The van der Waals surface area contributed by atoms with Crippen molar-refractivity contribution in [3.8, 4) is 6.07 Å². The van der Waals surface area contributed by atoms with Gasteiger partial charge in [-0.05, 0) is 24.4 Å². The molecule has 1 amide bonds. The second-order valence-electron chi connectivity index (χ2n) is 6.72. The number of nitriles is 1. The van der Waals surface area contributed by atoms with E-state index in [1.165, 1.54) is 5.56 Å². The predicted molar refractivity (Wildman–Crippen MR) is 86.5 cm³/mol. The number of nitrogens with zero attached hydrogens (tertiary/aromatic N) is 1. The highest BCUT2D eigenvalue weighted by Crippen LogP contribution is 2.35. The van der Waals surface area contributed by atoms with Crippen molar-refractivity contribution in [2.24, 2.45) is 5.73 Å². The first kappa shape index (κ1) is 17.2. The average molecular weight is 304 g/mol. The maximum Gasteiger partial charge on any atom is 0.406 e. The number of nitrogens with two attached hydrogens (primary N) is 1. The van der Waals surface area contributed by atoms with Gasteiger partial charge >= 0.3 is 6.09 Å². The Morgan fingerprint density at radius 2 is 1.95 bits per heavy atom. The quantitative estimate of drug-likeness (QED) is 0.814. The first-order valence-corrected chi connectivity index (χ1v) is 10.7. The molecule has 0 aromatic heterocycles. The topological polar surface area (TPSA) is 76.1 Å². The summed E-state index contributed by atoms with van der Waals surface area (Å²) < 4.78 is 5.05. The van der Waals surface area contributed by atoms with Gasteiger partial charge in [0, 0.05) is 14.5 Å². The second kappa shape index (κ2) is 6.77. The summed E-state index contributed by atoms with van der Waals surface area (Å²) in [6, 6.07) is 12.3. The van der Waals surface area contributed by atoms with E-state index in [1.54, 1.807) is 6.92 Å². The molecule has 0 aliphatic rings. The van der Waals surface area contributed by atoms with Crippen molar-refractivity contribution in [2.75, 3.05) is 0 Å². The van der Waals surface area contributed by atoms with Crippen LogP contribution in [0.15, 0.2) is 30.3 Å². The smallest absolute Gasteiger partial charge is 0.406 e. The Balaban J connectivity index is 2.94. The molecule has 0 fully saturated rings. The maximum absolute atomic E-state index is 11.0. The molecule has 1 aromatic rings. The normalized spacial score (nSPS) is 15.6. The van der Waals surface area contributed by atoms with Crippen molar-refractivity contribution >= 4 is 14.2 Å². The molecule has 2 unspecified atom stereocenters. The Bertz CT molecular complexity index is 519. The van der Waals surface area contributed by atoms with Gasteiger partial charge in [0.05, 0.1) is 0 Å². The van der Waals surface area contributed by atoms with Crippen LogP contribution >= 0.6 is 0 Å². The largest absolute Gasteiger partial charge is 0.428 e. The number of hydrogen-bond acceptors (Lipinski definition) is 3. The van der Waals surface area contributed by atoms with Crippen molar-refractivity contribution < 1.29 is 9.53 Å². The Morgan fingerprint density at radius 3 is 2.38 bits per heavy atom. The van der Waals surface area contributed by atoms with Gasteiger partial charge in [-0.2, -0.15) is 5.26 Å². The summed E-state index contributed by atoms with van der Waals surface area (Å²) in [6.45, 7) is 8.43. The summed E-state index contributed by atoms with van der Waals surface area (Å²) in [6.07, 6.45) is 0.501. The Morgan fingerprint density at radius 1 is 1.38 bits per heavy atom. The van der Waals surface area contributed by atoms with Crippen molar-refractivity contribution in [2.45, 2.75) is 50.5 Å². The fraction of sp³-hybridized carbons (Fsp3) is 0.500. The number of primary amides is 1. The van der Waals surface area contributed by atoms with Crippen LogP contribution in [0.3, 0.4) is 0 Å². The number of benzene rings is 1. The number of carbonyl (C=O) groups excluding carboxylic acids is 1. The van der Waals surface area contributed by atoms with Gasteiger partial charge in [-0.15, -0.1) is 0 Å². The van der Waals surface area contributed by atoms with Gasteiger partial charge < -0.3 is 10.5 Å². The lowest BCUT2D eigenvalue weighted by molar-refractivity contribution is 0.0644. The van der Waals surface area contributed by atoms with Crippen LogP contribution in [0, 0.1) is 11.3 Å². The van der Waals surface area contributed by atoms with Gasteiger partial charge in [0.15, 0.2) is 5.60 Å². The molecule has 1 rings (SSSR count). The van der Waals surface area contributed by atoms with Crippen molar-refractivity contribution in [1.82, 2.24) is 0 Å². The van der Waals surface area contributed by atoms with Crippen LogP contribution in [0.1, 0.15) is 18.9 Å². The Hall–Kier alpha value is -1.80. The SMILES string of the molecule is CC(C#N)(CC(Cc1ccccc1)[Si](C)(C)C)OC(N)=O. The van der Waals surface area contributed by atoms with Gasteiger partial charge in [-0.1, -0.05) is 50.0 Å². The summed E-state index contributed by atoms with van der Waals surface area (Å²) in [7, 11) is -1.53. The maximum atomic E-state index is 11.0. The minimum absolute atomic E-state index is 0.323. The Labute approximate surface area is 127 Å². The van der Waals surface area contributed by atoms with Gasteiger partial charge in [0.25, 0.3) is 0 Å². The molecule has 114 valence electrons. The van der Waals surface area contributed by atoms with E-state index in [-0.39, 0.29) is 0 Å². The molecule has 1 aromatic carbocycles. The average Bonchev–Trinajstić information content (AvgIpc) is 2.37. The summed E-state index contributed by atoms with van der Waals surface area (Å²) >= 11 is 0. The van der Waals surface area contributed by atoms with Crippen LogP contribution in [0.2, 0.25) is 25.2 Å². The van der Waals surface area contributed by atoms with E-state index in [0.29, 0.717) is 12.0 Å². The molecule has 5 heteroatoms. The van der Waals surface area contributed by atoms with E-state index in [2.05, 4.69) is 37.8 Å². The molecule has 0 aliphatic carbocycles. The molecule has 0 aliphatic heterocycles. The molecule has 0 bridgehead atoms.